The van der Waals surface area contributed by atoms with Crippen molar-refractivity contribution in [3.8, 4) is 0 Å². The molecule has 5 atom stereocenters. The molecule has 100 valence electrons. The quantitative estimate of drug-likeness (QED) is 0.488. The molecule has 2 heterocycles. The molecular formula is C11H16N2O5. The molecule has 2 rings (SSSR count). The Kier molecular flexibility index (Phi) is 4.20. The Morgan fingerprint density at radius 3 is 2.22 bits per heavy atom. The van der Waals surface area contributed by atoms with E-state index in [0.29, 0.717) is 5.82 Å². The molecule has 7 nitrogen and oxygen atoms in total. The zero-order valence-electron chi connectivity index (χ0n) is 9.62. The molecule has 18 heavy (non-hydrogen) atoms. The lowest BCUT2D eigenvalue weighted by Gasteiger charge is -2.39. The monoisotopic (exact) mass is 256 g/mol. The predicted molar refractivity (Wildman–Crippen MR) is 59.5 cm³/mol. The van der Waals surface area contributed by atoms with Gasteiger partial charge in [-0.05, 0) is 6.07 Å². The summed E-state index contributed by atoms with van der Waals surface area (Å²) < 4.78 is 5.34. The van der Waals surface area contributed by atoms with Crippen LogP contribution in [0.3, 0.4) is 0 Å². The first-order valence-electron chi connectivity index (χ1n) is 5.70. The molecule has 1 unspecified atom stereocenters. The van der Waals surface area contributed by atoms with Gasteiger partial charge in [-0.2, -0.15) is 0 Å². The van der Waals surface area contributed by atoms with Crippen LogP contribution in [0, 0.1) is 0 Å². The van der Waals surface area contributed by atoms with E-state index in [1.807, 2.05) is 0 Å². The van der Waals surface area contributed by atoms with Gasteiger partial charge in [0.2, 0.25) is 0 Å². The highest BCUT2D eigenvalue weighted by Crippen LogP contribution is 2.22. The third-order valence-corrected chi connectivity index (χ3v) is 2.99. The first-order chi connectivity index (χ1) is 8.63. The van der Waals surface area contributed by atoms with Crippen molar-refractivity contribution in [1.29, 1.82) is 0 Å². The number of rotatable bonds is 3. The molecule has 1 aliphatic heterocycles. The van der Waals surface area contributed by atoms with E-state index in [0.717, 1.165) is 0 Å². The molecule has 0 amide bonds. The highest BCUT2D eigenvalue weighted by molar-refractivity contribution is 4.98. The van der Waals surface area contributed by atoms with Gasteiger partial charge in [0.25, 0.3) is 0 Å². The van der Waals surface area contributed by atoms with Crippen molar-refractivity contribution in [3.63, 3.8) is 0 Å². The van der Waals surface area contributed by atoms with Gasteiger partial charge in [-0.15, -0.1) is 0 Å². The highest BCUT2D eigenvalue weighted by Gasteiger charge is 2.43. The predicted octanol–water partition coefficient (Wildman–Crippen LogP) is -2.14. The summed E-state index contributed by atoms with van der Waals surface area (Å²) in [6.45, 7) is -0.433. The summed E-state index contributed by atoms with van der Waals surface area (Å²) in [6, 6.07) is 1.66. The minimum atomic E-state index is -1.36. The van der Waals surface area contributed by atoms with Crippen molar-refractivity contribution >= 4 is 0 Å². The molecule has 1 aliphatic rings. The smallest absolute Gasteiger partial charge is 0.130 e. The fourth-order valence-corrected chi connectivity index (χ4v) is 1.96. The van der Waals surface area contributed by atoms with Gasteiger partial charge in [0.15, 0.2) is 0 Å². The van der Waals surface area contributed by atoms with Crippen molar-refractivity contribution in [2.24, 2.45) is 0 Å². The largest absolute Gasteiger partial charge is 0.394 e. The summed E-state index contributed by atoms with van der Waals surface area (Å²) in [4.78, 5) is 7.99. The lowest BCUT2D eigenvalue weighted by atomic mass is 9.93. The zero-order chi connectivity index (χ0) is 13.1. The van der Waals surface area contributed by atoms with Crippen LogP contribution in [0.4, 0.5) is 0 Å². The molecule has 0 aliphatic carbocycles. The zero-order valence-corrected chi connectivity index (χ0v) is 9.62. The number of aliphatic hydroxyl groups is 4. The Morgan fingerprint density at radius 2 is 1.61 bits per heavy atom. The van der Waals surface area contributed by atoms with Crippen LogP contribution in [0.15, 0.2) is 18.5 Å². The van der Waals surface area contributed by atoms with E-state index in [4.69, 9.17) is 9.84 Å². The number of ether oxygens (including phenoxy) is 1. The Bertz CT molecular complexity index is 375. The molecule has 1 aromatic heterocycles. The fourth-order valence-electron chi connectivity index (χ4n) is 1.96. The van der Waals surface area contributed by atoms with Crippen LogP contribution in [-0.4, -0.2) is 67.5 Å². The van der Waals surface area contributed by atoms with E-state index in [9.17, 15) is 15.3 Å². The Labute approximate surface area is 104 Å². The van der Waals surface area contributed by atoms with Gasteiger partial charge < -0.3 is 25.2 Å². The van der Waals surface area contributed by atoms with E-state index < -0.39 is 37.1 Å². The van der Waals surface area contributed by atoms with Crippen molar-refractivity contribution in [2.75, 3.05) is 6.61 Å². The Balaban J connectivity index is 2.08. The SMILES string of the molecule is OC[C@H]1OC(Cc2ncccn2)[C@H](O)[C@@H](O)[C@@H]1O. The lowest BCUT2D eigenvalue weighted by Crippen LogP contribution is -2.59. The van der Waals surface area contributed by atoms with Crippen LogP contribution in [0.1, 0.15) is 5.82 Å². The molecule has 1 aromatic rings. The van der Waals surface area contributed by atoms with Gasteiger partial charge in [-0.25, -0.2) is 9.97 Å². The molecule has 0 radical (unpaired) electrons. The van der Waals surface area contributed by atoms with E-state index >= 15 is 0 Å². The van der Waals surface area contributed by atoms with Crippen LogP contribution < -0.4 is 0 Å². The third-order valence-electron chi connectivity index (χ3n) is 2.99. The maximum absolute atomic E-state index is 9.81. The second-order valence-corrected chi connectivity index (χ2v) is 4.24. The molecule has 0 bridgehead atoms. The normalized spacial score (nSPS) is 36.6. The van der Waals surface area contributed by atoms with Gasteiger partial charge >= 0.3 is 0 Å². The first kappa shape index (κ1) is 13.3. The second kappa shape index (κ2) is 5.68. The van der Waals surface area contributed by atoms with Gasteiger partial charge in [0.1, 0.15) is 30.2 Å². The molecule has 0 spiro atoms. The van der Waals surface area contributed by atoms with Crippen molar-refractivity contribution < 1.29 is 25.2 Å². The number of nitrogens with zero attached hydrogens (tertiary/aromatic N) is 2. The topological polar surface area (TPSA) is 116 Å². The van der Waals surface area contributed by atoms with Crippen LogP contribution in [0.2, 0.25) is 0 Å². The van der Waals surface area contributed by atoms with Crippen LogP contribution in [-0.2, 0) is 11.2 Å². The van der Waals surface area contributed by atoms with Crippen molar-refractivity contribution in [1.82, 2.24) is 9.97 Å². The van der Waals surface area contributed by atoms with E-state index in [1.54, 1.807) is 18.5 Å². The van der Waals surface area contributed by atoms with E-state index in [2.05, 4.69) is 9.97 Å². The highest BCUT2D eigenvalue weighted by atomic mass is 16.5. The average Bonchev–Trinajstić information content (AvgIpc) is 2.40. The molecule has 0 saturated carbocycles. The minimum absolute atomic E-state index is 0.197. The van der Waals surface area contributed by atoms with Crippen LogP contribution in [0.25, 0.3) is 0 Å². The van der Waals surface area contributed by atoms with E-state index in [1.165, 1.54) is 0 Å². The fraction of sp³-hybridized carbons (Fsp3) is 0.636. The van der Waals surface area contributed by atoms with Gasteiger partial charge in [0, 0.05) is 18.8 Å². The third kappa shape index (κ3) is 2.65. The summed E-state index contributed by atoms with van der Waals surface area (Å²) in [7, 11) is 0. The number of aliphatic hydroxyl groups excluding tert-OH is 4. The summed E-state index contributed by atoms with van der Waals surface area (Å²) in [6.07, 6.45) is -2.27. The molecule has 4 N–H and O–H groups in total. The van der Waals surface area contributed by atoms with Gasteiger partial charge in [-0.3, -0.25) is 0 Å². The van der Waals surface area contributed by atoms with Gasteiger partial charge in [0.05, 0.1) is 12.7 Å². The molecule has 0 aromatic carbocycles. The molecule has 1 fully saturated rings. The summed E-state index contributed by atoms with van der Waals surface area (Å²) in [5.41, 5.74) is 0. The summed E-state index contributed by atoms with van der Waals surface area (Å²) >= 11 is 0. The van der Waals surface area contributed by atoms with E-state index in [-0.39, 0.29) is 6.42 Å². The standard InChI is InChI=1S/C11H16N2O5/c14-5-7-10(16)11(17)9(15)6(18-7)4-8-12-2-1-3-13-8/h1-3,6-7,9-11,14-17H,4-5H2/t6?,7-,9+,10-,11-/m1/s1. The van der Waals surface area contributed by atoms with Crippen LogP contribution in [0.5, 0.6) is 0 Å². The lowest BCUT2D eigenvalue weighted by molar-refractivity contribution is -0.228. The number of aromatic nitrogens is 2. The van der Waals surface area contributed by atoms with Crippen molar-refractivity contribution in [3.05, 3.63) is 24.3 Å². The molecule has 1 saturated heterocycles. The second-order valence-electron chi connectivity index (χ2n) is 4.24. The summed E-state index contributed by atoms with van der Waals surface area (Å²) in [5, 5.41) is 38.1. The summed E-state index contributed by atoms with van der Waals surface area (Å²) in [5.74, 6) is 0.460. The maximum Gasteiger partial charge on any atom is 0.130 e. The van der Waals surface area contributed by atoms with Gasteiger partial charge in [-0.1, -0.05) is 0 Å². The first-order valence-corrected chi connectivity index (χ1v) is 5.70. The van der Waals surface area contributed by atoms with Crippen LogP contribution >= 0.6 is 0 Å². The minimum Gasteiger partial charge on any atom is -0.394 e. The Hall–Kier alpha value is -1.12. The van der Waals surface area contributed by atoms with Crippen molar-refractivity contribution in [2.45, 2.75) is 36.9 Å². The number of hydrogen-bond acceptors (Lipinski definition) is 7. The molecule has 7 heteroatoms. The average molecular weight is 256 g/mol. The Morgan fingerprint density at radius 1 is 1.00 bits per heavy atom. The number of hydrogen-bond donors (Lipinski definition) is 4. The maximum atomic E-state index is 9.81. The molecular weight excluding hydrogens is 240 g/mol.